The van der Waals surface area contributed by atoms with E-state index in [4.69, 9.17) is 5.11 Å². The Kier molecular flexibility index (Phi) is 15.2. The first-order valence-corrected chi connectivity index (χ1v) is 4.49. The van der Waals surface area contributed by atoms with Gasteiger partial charge >= 0.3 is 5.97 Å². The van der Waals surface area contributed by atoms with Gasteiger partial charge in [0.1, 0.15) is 0 Å². The molecule has 0 radical (unpaired) electrons. The summed E-state index contributed by atoms with van der Waals surface area (Å²) in [6, 6.07) is 0. The molecule has 0 atom stereocenters. The average molecular weight is 175 g/mol. The quantitative estimate of drug-likeness (QED) is 0.627. The highest BCUT2D eigenvalue weighted by atomic mass is 16.4. The zero-order valence-electron chi connectivity index (χ0n) is 8.39. The van der Waals surface area contributed by atoms with Crippen LogP contribution in [-0.2, 0) is 4.79 Å². The first-order chi connectivity index (χ1) is 5.68. The van der Waals surface area contributed by atoms with Gasteiger partial charge in [-0.25, -0.2) is 0 Å². The molecule has 0 aliphatic carbocycles. The van der Waals surface area contributed by atoms with E-state index < -0.39 is 5.97 Å². The lowest BCUT2D eigenvalue weighted by atomic mass is 10.2. The Hall–Kier alpha value is -0.570. The highest BCUT2D eigenvalue weighted by Gasteiger charge is 1.93. The van der Waals surface area contributed by atoms with Crippen LogP contribution in [0.5, 0.6) is 0 Å². The fourth-order valence-electron chi connectivity index (χ4n) is 0.703. The summed E-state index contributed by atoms with van der Waals surface area (Å²) >= 11 is 0. The van der Waals surface area contributed by atoms with Crippen molar-refractivity contribution < 1.29 is 9.90 Å². The third-order valence-corrected chi connectivity index (χ3v) is 1.24. The molecule has 0 amide bonds. The Morgan fingerprint density at radius 1 is 1.25 bits per heavy atom. The SMILES string of the molecule is CCCCCCC(=O)O.CNC. The number of rotatable bonds is 5. The van der Waals surface area contributed by atoms with Gasteiger partial charge in [-0.05, 0) is 20.5 Å². The largest absolute Gasteiger partial charge is 0.481 e. The molecule has 0 aromatic heterocycles. The number of carboxylic acid groups (broad SMARTS) is 1. The third kappa shape index (κ3) is 22.7. The summed E-state index contributed by atoms with van der Waals surface area (Å²) in [5, 5.41) is 11.0. The standard InChI is InChI=1S/C7H14O2.C2H7N/c1-2-3-4-5-6-7(8)9;1-3-2/h2-6H2,1H3,(H,8,9);3H,1-2H3. The lowest BCUT2D eigenvalue weighted by molar-refractivity contribution is -0.137. The number of unbranched alkanes of at least 4 members (excludes halogenated alkanes) is 3. The first-order valence-electron chi connectivity index (χ1n) is 4.49. The normalized spacial score (nSPS) is 8.58. The van der Waals surface area contributed by atoms with E-state index in [1.807, 2.05) is 14.1 Å². The van der Waals surface area contributed by atoms with Crippen molar-refractivity contribution in [3.8, 4) is 0 Å². The van der Waals surface area contributed by atoms with Crippen molar-refractivity contribution in [2.75, 3.05) is 14.1 Å². The molecule has 2 N–H and O–H groups in total. The van der Waals surface area contributed by atoms with Crippen molar-refractivity contribution in [2.24, 2.45) is 0 Å². The molecule has 0 aromatic rings. The maximum absolute atomic E-state index is 9.96. The van der Waals surface area contributed by atoms with Crippen LogP contribution in [0.3, 0.4) is 0 Å². The minimum absolute atomic E-state index is 0.333. The van der Waals surface area contributed by atoms with Crippen molar-refractivity contribution in [1.82, 2.24) is 5.32 Å². The van der Waals surface area contributed by atoms with Gasteiger partial charge in [-0.1, -0.05) is 26.2 Å². The van der Waals surface area contributed by atoms with Crippen molar-refractivity contribution in [3.05, 3.63) is 0 Å². The highest BCUT2D eigenvalue weighted by molar-refractivity contribution is 5.66. The van der Waals surface area contributed by atoms with E-state index in [0.717, 1.165) is 19.3 Å². The van der Waals surface area contributed by atoms with Crippen molar-refractivity contribution in [1.29, 1.82) is 0 Å². The number of hydrogen-bond acceptors (Lipinski definition) is 2. The molecule has 12 heavy (non-hydrogen) atoms. The molecule has 0 aliphatic rings. The summed E-state index contributed by atoms with van der Waals surface area (Å²) in [5.41, 5.74) is 0. The minimum Gasteiger partial charge on any atom is -0.481 e. The number of carboxylic acids is 1. The molecule has 0 spiro atoms. The van der Waals surface area contributed by atoms with E-state index in [1.54, 1.807) is 0 Å². The van der Waals surface area contributed by atoms with E-state index in [2.05, 4.69) is 12.2 Å². The second kappa shape index (κ2) is 13.1. The minimum atomic E-state index is -0.675. The second-order valence-electron chi connectivity index (χ2n) is 2.70. The van der Waals surface area contributed by atoms with Crippen LogP contribution in [0.25, 0.3) is 0 Å². The van der Waals surface area contributed by atoms with Gasteiger partial charge < -0.3 is 10.4 Å². The number of hydrogen-bond donors (Lipinski definition) is 2. The molecular weight excluding hydrogens is 154 g/mol. The Morgan fingerprint density at radius 2 is 1.75 bits per heavy atom. The van der Waals surface area contributed by atoms with Gasteiger partial charge in [-0.2, -0.15) is 0 Å². The van der Waals surface area contributed by atoms with Gasteiger partial charge in [-0.15, -0.1) is 0 Å². The molecule has 3 heteroatoms. The van der Waals surface area contributed by atoms with Crippen LogP contribution >= 0.6 is 0 Å². The summed E-state index contributed by atoms with van der Waals surface area (Å²) in [5.74, 6) is -0.675. The first kappa shape index (κ1) is 14.0. The monoisotopic (exact) mass is 175 g/mol. The Morgan fingerprint density at radius 3 is 2.08 bits per heavy atom. The van der Waals surface area contributed by atoms with Crippen molar-refractivity contribution in [2.45, 2.75) is 39.0 Å². The molecule has 0 aliphatic heterocycles. The third-order valence-electron chi connectivity index (χ3n) is 1.24. The zero-order valence-corrected chi connectivity index (χ0v) is 8.39. The molecule has 0 rings (SSSR count). The number of nitrogens with one attached hydrogen (secondary N) is 1. The van der Waals surface area contributed by atoms with Crippen LogP contribution in [0.15, 0.2) is 0 Å². The summed E-state index contributed by atoms with van der Waals surface area (Å²) in [4.78, 5) is 9.96. The van der Waals surface area contributed by atoms with Crippen LogP contribution in [0.4, 0.5) is 0 Å². The van der Waals surface area contributed by atoms with Gasteiger partial charge in [0.25, 0.3) is 0 Å². The molecule has 0 saturated carbocycles. The van der Waals surface area contributed by atoms with Crippen LogP contribution in [-0.4, -0.2) is 25.2 Å². The van der Waals surface area contributed by atoms with E-state index in [-0.39, 0.29) is 0 Å². The molecule has 0 unspecified atom stereocenters. The summed E-state index contributed by atoms with van der Waals surface area (Å²) in [6.45, 7) is 2.11. The van der Waals surface area contributed by atoms with Crippen LogP contribution in [0, 0.1) is 0 Å². The summed E-state index contributed by atoms with van der Waals surface area (Å²) in [7, 11) is 3.75. The van der Waals surface area contributed by atoms with Crippen LogP contribution in [0.2, 0.25) is 0 Å². The van der Waals surface area contributed by atoms with Gasteiger partial charge in [0.15, 0.2) is 0 Å². The van der Waals surface area contributed by atoms with Crippen molar-refractivity contribution in [3.63, 3.8) is 0 Å². The Labute approximate surface area is 75.2 Å². The van der Waals surface area contributed by atoms with E-state index in [1.165, 1.54) is 6.42 Å². The Balaban J connectivity index is 0. The number of aliphatic carboxylic acids is 1. The van der Waals surface area contributed by atoms with Gasteiger partial charge in [-0.3, -0.25) is 4.79 Å². The second-order valence-corrected chi connectivity index (χ2v) is 2.70. The van der Waals surface area contributed by atoms with Crippen molar-refractivity contribution >= 4 is 5.97 Å². The Bertz CT molecular complexity index is 94.5. The van der Waals surface area contributed by atoms with Crippen LogP contribution < -0.4 is 5.32 Å². The number of carbonyl (C=O) groups is 1. The molecule has 0 saturated heterocycles. The van der Waals surface area contributed by atoms with E-state index >= 15 is 0 Å². The molecule has 0 aromatic carbocycles. The van der Waals surface area contributed by atoms with Gasteiger partial charge in [0.05, 0.1) is 0 Å². The fourth-order valence-corrected chi connectivity index (χ4v) is 0.703. The molecular formula is C9H21NO2. The summed E-state index contributed by atoms with van der Waals surface area (Å²) in [6.07, 6.45) is 4.55. The molecule has 0 fully saturated rings. The maximum Gasteiger partial charge on any atom is 0.303 e. The van der Waals surface area contributed by atoms with E-state index in [9.17, 15) is 4.79 Å². The molecule has 0 bridgehead atoms. The average Bonchev–Trinajstić information content (AvgIpc) is 1.99. The predicted molar refractivity (Wildman–Crippen MR) is 51.4 cm³/mol. The molecule has 3 nitrogen and oxygen atoms in total. The molecule has 74 valence electrons. The van der Waals surface area contributed by atoms with Crippen LogP contribution in [0.1, 0.15) is 39.0 Å². The van der Waals surface area contributed by atoms with Gasteiger partial charge in [0, 0.05) is 6.42 Å². The lowest BCUT2D eigenvalue weighted by Gasteiger charge is -1.92. The zero-order chi connectivity index (χ0) is 9.82. The fraction of sp³-hybridized carbons (Fsp3) is 0.889. The maximum atomic E-state index is 9.96. The smallest absolute Gasteiger partial charge is 0.303 e. The predicted octanol–water partition coefficient (Wildman–Crippen LogP) is 1.88. The van der Waals surface area contributed by atoms with Gasteiger partial charge in [0.2, 0.25) is 0 Å². The molecule has 0 heterocycles. The topological polar surface area (TPSA) is 49.3 Å². The lowest BCUT2D eigenvalue weighted by Crippen LogP contribution is -1.92. The summed E-state index contributed by atoms with van der Waals surface area (Å²) < 4.78 is 0. The van der Waals surface area contributed by atoms with E-state index in [0.29, 0.717) is 6.42 Å². The highest BCUT2D eigenvalue weighted by Crippen LogP contribution is 2.01.